The van der Waals surface area contributed by atoms with Crippen LogP contribution in [-0.4, -0.2) is 49.8 Å². The van der Waals surface area contributed by atoms with Crippen LogP contribution in [0.25, 0.3) is 0 Å². The van der Waals surface area contributed by atoms with Gasteiger partial charge in [0.15, 0.2) is 12.6 Å². The zero-order valence-corrected chi connectivity index (χ0v) is 18.1. The fourth-order valence-corrected chi connectivity index (χ4v) is 4.01. The largest absolute Gasteiger partial charge is 0.369 e. The molecule has 7 nitrogen and oxygen atoms in total. The molecule has 2 aromatic rings. The summed E-state index contributed by atoms with van der Waals surface area (Å²) in [6.45, 7) is 6.16. The molecule has 2 aliphatic heterocycles. The molecule has 0 unspecified atom stereocenters. The Morgan fingerprint density at radius 1 is 1.09 bits per heavy atom. The van der Waals surface area contributed by atoms with E-state index in [-0.39, 0.29) is 5.91 Å². The molecule has 7 heteroatoms. The quantitative estimate of drug-likeness (QED) is 0.637. The third-order valence-corrected chi connectivity index (χ3v) is 5.44. The monoisotopic (exact) mass is 439 g/mol. The van der Waals surface area contributed by atoms with Crippen LogP contribution in [0.3, 0.4) is 0 Å². The molecule has 170 valence electrons. The summed E-state index contributed by atoms with van der Waals surface area (Å²) in [6.07, 6.45) is -0.973. The van der Waals surface area contributed by atoms with Crippen molar-refractivity contribution in [3.63, 3.8) is 0 Å². The first kappa shape index (κ1) is 22.6. The Hall–Kier alpha value is -2.55. The van der Waals surface area contributed by atoms with E-state index in [1.807, 2.05) is 60.7 Å². The Bertz CT molecular complexity index is 877. The third kappa shape index (κ3) is 5.43. The summed E-state index contributed by atoms with van der Waals surface area (Å²) < 4.78 is 30.7. The van der Waals surface area contributed by atoms with Crippen molar-refractivity contribution in [3.8, 4) is 0 Å². The van der Waals surface area contributed by atoms with E-state index in [0.717, 1.165) is 11.1 Å². The van der Waals surface area contributed by atoms with Gasteiger partial charge in [0, 0.05) is 12.5 Å². The summed E-state index contributed by atoms with van der Waals surface area (Å²) >= 11 is 0. The predicted molar refractivity (Wildman–Crippen MR) is 117 cm³/mol. The second-order valence-electron chi connectivity index (χ2n) is 7.83. The topological polar surface area (TPSA) is 75.3 Å². The van der Waals surface area contributed by atoms with Crippen LogP contribution < -0.4 is 5.32 Å². The van der Waals surface area contributed by atoms with Crippen LogP contribution in [-0.2, 0) is 35.1 Å². The molecule has 1 N–H and O–H groups in total. The van der Waals surface area contributed by atoms with Crippen molar-refractivity contribution >= 4 is 5.91 Å². The first-order chi connectivity index (χ1) is 15.7. The number of carbonyl (C=O) groups is 1. The van der Waals surface area contributed by atoms with Gasteiger partial charge in [0.1, 0.15) is 24.4 Å². The van der Waals surface area contributed by atoms with E-state index in [0.29, 0.717) is 19.8 Å². The van der Waals surface area contributed by atoms with E-state index < -0.39 is 36.9 Å². The van der Waals surface area contributed by atoms with Crippen molar-refractivity contribution in [1.29, 1.82) is 0 Å². The number of hydrogen-bond acceptors (Lipinski definition) is 6. The van der Waals surface area contributed by atoms with Gasteiger partial charge in [0.25, 0.3) is 0 Å². The van der Waals surface area contributed by atoms with Gasteiger partial charge in [-0.2, -0.15) is 0 Å². The van der Waals surface area contributed by atoms with Gasteiger partial charge < -0.3 is 29.0 Å². The molecule has 2 aliphatic rings. The van der Waals surface area contributed by atoms with Crippen LogP contribution in [0, 0.1) is 0 Å². The molecule has 2 aromatic carbocycles. The summed E-state index contributed by atoms with van der Waals surface area (Å²) in [5.74, 6) is -0.204. The zero-order chi connectivity index (χ0) is 22.3. The van der Waals surface area contributed by atoms with Gasteiger partial charge in [-0.25, -0.2) is 0 Å². The molecule has 0 aromatic heterocycles. The first-order valence-electron chi connectivity index (χ1n) is 10.8. The lowest BCUT2D eigenvalue weighted by Crippen LogP contribution is -2.67. The average Bonchev–Trinajstić information content (AvgIpc) is 2.82. The van der Waals surface area contributed by atoms with Crippen LogP contribution in [0.2, 0.25) is 0 Å². The summed E-state index contributed by atoms with van der Waals surface area (Å²) in [7, 11) is 0. The van der Waals surface area contributed by atoms with Crippen molar-refractivity contribution in [1.82, 2.24) is 5.32 Å². The normalized spacial score (nSPS) is 29.7. The van der Waals surface area contributed by atoms with Crippen molar-refractivity contribution < 1.29 is 28.5 Å². The fraction of sp³-hybridized carbons (Fsp3) is 0.400. The number of benzene rings is 2. The highest BCUT2D eigenvalue weighted by Gasteiger charge is 2.51. The van der Waals surface area contributed by atoms with Crippen LogP contribution in [0.15, 0.2) is 73.3 Å². The Morgan fingerprint density at radius 2 is 1.81 bits per heavy atom. The molecule has 2 saturated heterocycles. The van der Waals surface area contributed by atoms with E-state index >= 15 is 0 Å². The van der Waals surface area contributed by atoms with Gasteiger partial charge in [-0.3, -0.25) is 4.79 Å². The highest BCUT2D eigenvalue weighted by molar-refractivity contribution is 5.73. The average molecular weight is 440 g/mol. The lowest BCUT2D eigenvalue weighted by molar-refractivity contribution is -0.349. The standard InChI is InChI=1S/C25H29NO6/c1-3-14-28-23-21(26-17(2)27)25(29-15-18-10-6-4-7-11-18)31-20-16-30-24(32-22(20)23)19-12-8-5-9-13-19/h3-13,20-25H,1,14-16H2,2H3,(H,26,27)/t20-,21+,22-,23+,24-,25-/m1/s1. The Kier molecular flexibility index (Phi) is 7.68. The SMILES string of the molecule is C=CCO[C@H]1[C@H](NC(C)=O)[C@H](OCc2ccccc2)O[C@@H]2CO[C@@H](c3ccccc3)O[C@@H]12. The maximum atomic E-state index is 12.0. The van der Waals surface area contributed by atoms with Gasteiger partial charge in [-0.1, -0.05) is 66.7 Å². The van der Waals surface area contributed by atoms with Crippen LogP contribution in [0.5, 0.6) is 0 Å². The van der Waals surface area contributed by atoms with Crippen molar-refractivity contribution in [2.24, 2.45) is 0 Å². The van der Waals surface area contributed by atoms with Crippen LogP contribution in [0.1, 0.15) is 24.3 Å². The summed E-state index contributed by atoms with van der Waals surface area (Å²) in [5, 5.41) is 2.95. The molecule has 0 radical (unpaired) electrons. The number of nitrogens with one attached hydrogen (secondary N) is 1. The molecule has 6 atom stereocenters. The predicted octanol–water partition coefficient (Wildman–Crippen LogP) is 3.12. The summed E-state index contributed by atoms with van der Waals surface area (Å²) in [6, 6.07) is 18.9. The Labute approximate surface area is 188 Å². The van der Waals surface area contributed by atoms with E-state index in [9.17, 15) is 4.79 Å². The van der Waals surface area contributed by atoms with Gasteiger partial charge in [0.2, 0.25) is 5.91 Å². The van der Waals surface area contributed by atoms with Crippen LogP contribution in [0.4, 0.5) is 0 Å². The number of rotatable bonds is 8. The fourth-order valence-electron chi connectivity index (χ4n) is 4.01. The van der Waals surface area contributed by atoms with Gasteiger partial charge in [0.05, 0.1) is 19.8 Å². The van der Waals surface area contributed by atoms with Gasteiger partial charge >= 0.3 is 0 Å². The molecule has 0 bridgehead atoms. The van der Waals surface area contributed by atoms with E-state index in [1.54, 1.807) is 6.08 Å². The molecule has 2 fully saturated rings. The maximum Gasteiger partial charge on any atom is 0.217 e. The minimum atomic E-state index is -0.726. The second-order valence-corrected chi connectivity index (χ2v) is 7.83. The Balaban J connectivity index is 1.55. The van der Waals surface area contributed by atoms with E-state index in [1.165, 1.54) is 6.92 Å². The van der Waals surface area contributed by atoms with Gasteiger partial charge in [-0.15, -0.1) is 6.58 Å². The minimum absolute atomic E-state index is 0.204. The minimum Gasteiger partial charge on any atom is -0.369 e. The molecule has 32 heavy (non-hydrogen) atoms. The third-order valence-electron chi connectivity index (χ3n) is 5.44. The summed E-state index contributed by atoms with van der Waals surface area (Å²) in [5.41, 5.74) is 1.91. The Morgan fingerprint density at radius 3 is 2.50 bits per heavy atom. The molecule has 0 aliphatic carbocycles. The maximum absolute atomic E-state index is 12.0. The lowest BCUT2D eigenvalue weighted by atomic mass is 9.95. The molecule has 1 amide bonds. The van der Waals surface area contributed by atoms with Crippen molar-refractivity contribution in [2.45, 2.75) is 50.5 Å². The van der Waals surface area contributed by atoms with Crippen molar-refractivity contribution in [3.05, 3.63) is 84.4 Å². The molecule has 2 heterocycles. The van der Waals surface area contributed by atoms with Gasteiger partial charge in [-0.05, 0) is 5.56 Å². The smallest absolute Gasteiger partial charge is 0.217 e. The van der Waals surface area contributed by atoms with E-state index in [2.05, 4.69) is 11.9 Å². The zero-order valence-electron chi connectivity index (χ0n) is 18.1. The molecule has 4 rings (SSSR count). The molecular formula is C25H29NO6. The highest BCUT2D eigenvalue weighted by atomic mass is 16.7. The number of hydrogen-bond donors (Lipinski definition) is 1. The van der Waals surface area contributed by atoms with Crippen molar-refractivity contribution in [2.75, 3.05) is 13.2 Å². The number of carbonyl (C=O) groups excluding carboxylic acids is 1. The summed E-state index contributed by atoms with van der Waals surface area (Å²) in [4.78, 5) is 12.0. The first-order valence-corrected chi connectivity index (χ1v) is 10.8. The molecule has 0 spiro atoms. The van der Waals surface area contributed by atoms with E-state index in [4.69, 9.17) is 23.7 Å². The molecular weight excluding hydrogens is 410 g/mol. The lowest BCUT2D eigenvalue weighted by Gasteiger charge is -2.49. The number of amides is 1. The highest BCUT2D eigenvalue weighted by Crippen LogP contribution is 2.35. The number of fused-ring (bicyclic) bond motifs is 1. The second kappa shape index (κ2) is 10.8. The number of ether oxygens (including phenoxy) is 5. The van der Waals surface area contributed by atoms with Crippen LogP contribution >= 0.6 is 0 Å². The molecule has 0 saturated carbocycles.